The predicted molar refractivity (Wildman–Crippen MR) is 110 cm³/mol. The van der Waals surface area contributed by atoms with Gasteiger partial charge in [0.25, 0.3) is 5.56 Å². The number of primary amides is 1. The van der Waals surface area contributed by atoms with Crippen LogP contribution in [0.3, 0.4) is 0 Å². The molecule has 6 nitrogen and oxygen atoms in total. The molecule has 0 bridgehead atoms. The van der Waals surface area contributed by atoms with Gasteiger partial charge in [0.1, 0.15) is 0 Å². The summed E-state index contributed by atoms with van der Waals surface area (Å²) in [6, 6.07) is 14.1. The van der Waals surface area contributed by atoms with Crippen LogP contribution in [-0.2, 0) is 10.3 Å². The Kier molecular flexibility index (Phi) is 4.93. The molecule has 0 aliphatic heterocycles. The van der Waals surface area contributed by atoms with E-state index in [0.717, 1.165) is 0 Å². The average Bonchev–Trinajstić information content (AvgIpc) is 2.60. The summed E-state index contributed by atoms with van der Waals surface area (Å²) in [5.41, 5.74) is 4.13. The highest BCUT2D eigenvalue weighted by Gasteiger charge is 2.47. The lowest BCUT2D eigenvalue weighted by molar-refractivity contribution is -0.0640. The van der Waals surface area contributed by atoms with E-state index < -0.39 is 17.1 Å². The van der Waals surface area contributed by atoms with Gasteiger partial charge in [-0.05, 0) is 31.2 Å². The lowest BCUT2D eigenvalue weighted by atomic mass is 9.76. The van der Waals surface area contributed by atoms with Crippen molar-refractivity contribution in [3.05, 3.63) is 69.7 Å². The van der Waals surface area contributed by atoms with Crippen LogP contribution < -0.4 is 11.3 Å². The van der Waals surface area contributed by atoms with E-state index in [1.54, 1.807) is 37.3 Å². The smallest absolute Gasteiger partial charge is 0.405 e. The first kappa shape index (κ1) is 19.9. The normalized spacial score (nSPS) is 13.9. The molecule has 0 aliphatic rings. The molecule has 3 aromatic rings. The van der Waals surface area contributed by atoms with Crippen LogP contribution in [-0.4, -0.2) is 15.6 Å². The summed E-state index contributed by atoms with van der Waals surface area (Å²) in [5.74, 6) is 0.268. The predicted octanol–water partition coefficient (Wildman–Crippen LogP) is 4.40. The average molecular weight is 400 g/mol. The van der Waals surface area contributed by atoms with E-state index in [4.69, 9.17) is 27.1 Å². The van der Waals surface area contributed by atoms with Gasteiger partial charge in [-0.2, -0.15) is 0 Å². The molecule has 1 atom stereocenters. The topological polar surface area (TPSA) is 87.2 Å². The van der Waals surface area contributed by atoms with Crippen LogP contribution in [0.25, 0.3) is 16.6 Å². The third-order valence-corrected chi connectivity index (χ3v) is 5.34. The molecular weight excluding hydrogens is 378 g/mol. The van der Waals surface area contributed by atoms with Crippen molar-refractivity contribution in [2.75, 3.05) is 0 Å². The van der Waals surface area contributed by atoms with Crippen LogP contribution in [0.5, 0.6) is 0 Å². The van der Waals surface area contributed by atoms with E-state index in [0.29, 0.717) is 21.6 Å². The summed E-state index contributed by atoms with van der Waals surface area (Å²) in [7, 11) is 0. The van der Waals surface area contributed by atoms with Gasteiger partial charge in [0.2, 0.25) is 0 Å². The minimum absolute atomic E-state index is 0.268. The Morgan fingerprint density at radius 3 is 2.29 bits per heavy atom. The Balaban J connectivity index is 2.51. The van der Waals surface area contributed by atoms with Crippen LogP contribution in [0.4, 0.5) is 4.79 Å². The molecule has 0 saturated carbocycles. The molecule has 0 radical (unpaired) electrons. The molecule has 2 aromatic carbocycles. The maximum absolute atomic E-state index is 13.5. The number of aromatic nitrogens is 2. The number of halogens is 1. The first-order chi connectivity index (χ1) is 13.1. The van der Waals surface area contributed by atoms with E-state index in [2.05, 4.69) is 0 Å². The zero-order valence-corrected chi connectivity index (χ0v) is 16.9. The van der Waals surface area contributed by atoms with Gasteiger partial charge in [-0.25, -0.2) is 9.78 Å². The number of benzene rings is 2. The van der Waals surface area contributed by atoms with Crippen molar-refractivity contribution in [1.82, 2.24) is 9.55 Å². The summed E-state index contributed by atoms with van der Waals surface area (Å²) in [6.45, 7) is 7.37. The molecule has 1 aromatic heterocycles. The second kappa shape index (κ2) is 6.95. The molecule has 2 N–H and O–H groups in total. The molecule has 1 amide bonds. The molecule has 0 saturated heterocycles. The summed E-state index contributed by atoms with van der Waals surface area (Å²) >= 11 is 6.30. The minimum Gasteiger partial charge on any atom is -0.435 e. The van der Waals surface area contributed by atoms with E-state index in [-0.39, 0.29) is 11.4 Å². The Morgan fingerprint density at radius 2 is 1.71 bits per heavy atom. The van der Waals surface area contributed by atoms with Gasteiger partial charge in [-0.15, -0.1) is 0 Å². The lowest BCUT2D eigenvalue weighted by Crippen LogP contribution is -2.47. The number of hydrogen-bond acceptors (Lipinski definition) is 4. The molecule has 0 unspecified atom stereocenters. The van der Waals surface area contributed by atoms with Gasteiger partial charge < -0.3 is 10.5 Å². The maximum atomic E-state index is 13.5. The number of para-hydroxylation sites is 1. The third kappa shape index (κ3) is 3.24. The highest BCUT2D eigenvalue weighted by molar-refractivity contribution is 6.35. The number of hydrogen-bond donors (Lipinski definition) is 1. The number of fused-ring (bicyclic) bond motifs is 1. The van der Waals surface area contributed by atoms with Gasteiger partial charge in [0, 0.05) is 5.41 Å². The zero-order chi connectivity index (χ0) is 20.7. The minimum atomic E-state index is -1.29. The largest absolute Gasteiger partial charge is 0.435 e. The van der Waals surface area contributed by atoms with Crippen LogP contribution in [0, 0.1) is 5.41 Å². The van der Waals surface area contributed by atoms with Crippen molar-refractivity contribution in [3.8, 4) is 5.69 Å². The van der Waals surface area contributed by atoms with Gasteiger partial charge in [0.05, 0.1) is 21.6 Å². The Morgan fingerprint density at radius 1 is 1.07 bits per heavy atom. The highest BCUT2D eigenvalue weighted by atomic mass is 35.5. The number of nitrogens with two attached hydrogens (primary N) is 1. The zero-order valence-electron chi connectivity index (χ0n) is 16.2. The van der Waals surface area contributed by atoms with Crippen LogP contribution in [0.15, 0.2) is 53.3 Å². The molecule has 1 heterocycles. The van der Waals surface area contributed by atoms with E-state index in [1.807, 2.05) is 39.0 Å². The molecule has 28 heavy (non-hydrogen) atoms. The van der Waals surface area contributed by atoms with Crippen molar-refractivity contribution in [2.45, 2.75) is 33.3 Å². The van der Waals surface area contributed by atoms with Crippen molar-refractivity contribution in [1.29, 1.82) is 0 Å². The fourth-order valence-corrected chi connectivity index (χ4v) is 3.31. The summed E-state index contributed by atoms with van der Waals surface area (Å²) in [5, 5.41) is 0.603. The Labute approximate surface area is 167 Å². The molecule has 0 aliphatic carbocycles. The second-order valence-corrected chi connectivity index (χ2v) is 8.16. The molecule has 0 spiro atoms. The monoisotopic (exact) mass is 399 g/mol. The molecule has 0 fully saturated rings. The quantitative estimate of drug-likeness (QED) is 0.707. The first-order valence-corrected chi connectivity index (χ1v) is 9.19. The maximum Gasteiger partial charge on any atom is 0.405 e. The first-order valence-electron chi connectivity index (χ1n) is 8.82. The van der Waals surface area contributed by atoms with E-state index in [1.165, 1.54) is 4.57 Å². The number of amides is 1. The van der Waals surface area contributed by atoms with Gasteiger partial charge in [0.15, 0.2) is 11.4 Å². The van der Waals surface area contributed by atoms with Crippen molar-refractivity contribution in [3.63, 3.8) is 0 Å². The van der Waals surface area contributed by atoms with Crippen LogP contribution in [0.1, 0.15) is 33.5 Å². The number of rotatable bonds is 3. The third-order valence-electron chi connectivity index (χ3n) is 5.02. The Bertz CT molecular complexity index is 1100. The Hall–Kier alpha value is -2.86. The van der Waals surface area contributed by atoms with Crippen molar-refractivity contribution >= 4 is 28.6 Å². The molecule has 146 valence electrons. The standard InChI is InChI=1S/C21H22ClN3O3/c1-20(2,3)21(4,28-19(23)27)18-24-15-12-8-11-14(22)16(15)17(26)25(18)13-9-6-5-7-10-13/h5-12H,1-4H3,(H2,23,27)/t21-/m1/s1. The van der Waals surface area contributed by atoms with E-state index in [9.17, 15) is 9.59 Å². The molecule has 3 rings (SSSR count). The van der Waals surface area contributed by atoms with Gasteiger partial charge in [-0.1, -0.05) is 56.6 Å². The number of carbonyl (C=O) groups excluding carboxylic acids is 1. The van der Waals surface area contributed by atoms with Gasteiger partial charge in [-0.3, -0.25) is 9.36 Å². The SMILES string of the molecule is CC(C)(C)[C@](C)(OC(N)=O)c1nc2cccc(Cl)c2c(=O)n1-c1ccccc1. The van der Waals surface area contributed by atoms with Crippen LogP contribution in [0.2, 0.25) is 5.02 Å². The van der Waals surface area contributed by atoms with Gasteiger partial charge >= 0.3 is 6.09 Å². The highest BCUT2D eigenvalue weighted by Crippen LogP contribution is 2.42. The van der Waals surface area contributed by atoms with Crippen molar-refractivity contribution < 1.29 is 9.53 Å². The lowest BCUT2D eigenvalue weighted by Gasteiger charge is -2.40. The summed E-state index contributed by atoms with van der Waals surface area (Å²) < 4.78 is 7.00. The van der Waals surface area contributed by atoms with E-state index >= 15 is 0 Å². The van der Waals surface area contributed by atoms with Crippen LogP contribution >= 0.6 is 11.6 Å². The summed E-state index contributed by atoms with van der Waals surface area (Å²) in [4.78, 5) is 30.0. The molecule has 7 heteroatoms. The fraction of sp³-hybridized carbons (Fsp3) is 0.286. The fourth-order valence-electron chi connectivity index (χ4n) is 3.06. The number of ether oxygens (including phenoxy) is 1. The number of nitrogens with zero attached hydrogens (tertiary/aromatic N) is 2. The second-order valence-electron chi connectivity index (χ2n) is 7.75. The summed E-state index contributed by atoms with van der Waals surface area (Å²) in [6.07, 6.45) is -0.947. The molecular formula is C21H22ClN3O3. The number of carbonyl (C=O) groups is 1. The van der Waals surface area contributed by atoms with Crippen molar-refractivity contribution in [2.24, 2.45) is 11.1 Å².